The number of morpholine rings is 1. The number of carbonyl (C=O) groups is 4. The Morgan fingerprint density at radius 1 is 1.09 bits per heavy atom. The van der Waals surface area contributed by atoms with E-state index < -0.39 is 18.7 Å². The van der Waals surface area contributed by atoms with Crippen LogP contribution in [0.5, 0.6) is 5.75 Å². The van der Waals surface area contributed by atoms with Crippen LogP contribution in [0.15, 0.2) is 48.5 Å². The van der Waals surface area contributed by atoms with Crippen LogP contribution in [0.3, 0.4) is 0 Å². The Kier molecular flexibility index (Phi) is 7.77. The molecular formula is C26H28N2O7. The molecule has 0 aliphatic carbocycles. The molecule has 9 nitrogen and oxygen atoms in total. The molecule has 2 fully saturated rings. The highest BCUT2D eigenvalue weighted by Crippen LogP contribution is 2.24. The first-order valence-corrected chi connectivity index (χ1v) is 11.6. The molecule has 4 rings (SSSR count). The van der Waals surface area contributed by atoms with Gasteiger partial charge in [-0.25, -0.2) is 4.79 Å². The first-order valence-electron chi connectivity index (χ1n) is 11.6. The van der Waals surface area contributed by atoms with Crippen molar-refractivity contribution in [2.45, 2.75) is 37.8 Å². The third-order valence-electron chi connectivity index (χ3n) is 6.18. The lowest BCUT2D eigenvalue weighted by molar-refractivity contribution is -0.163. The number of hydrogen-bond donors (Lipinski definition) is 1. The second-order valence-electron chi connectivity index (χ2n) is 8.56. The Morgan fingerprint density at radius 2 is 1.89 bits per heavy atom. The molecule has 2 unspecified atom stereocenters. The number of piperidine rings is 1. The van der Waals surface area contributed by atoms with E-state index in [2.05, 4.69) is 5.32 Å². The number of ketones is 1. The SMILES string of the molecule is COc1cccc(C(=O)COC(=O)c2ccc(NC(=O)CC3OCC4CCCCN4C3=O)cc2)c1. The van der Waals surface area contributed by atoms with Gasteiger partial charge in [0.15, 0.2) is 12.4 Å². The van der Waals surface area contributed by atoms with Crippen LogP contribution in [0, 0.1) is 0 Å². The fourth-order valence-corrected chi connectivity index (χ4v) is 4.26. The number of rotatable bonds is 8. The van der Waals surface area contributed by atoms with Gasteiger partial charge in [-0.1, -0.05) is 12.1 Å². The molecule has 2 amide bonds. The van der Waals surface area contributed by atoms with Crippen molar-refractivity contribution in [1.82, 2.24) is 4.90 Å². The minimum atomic E-state index is -0.777. The van der Waals surface area contributed by atoms with E-state index in [1.165, 1.54) is 19.2 Å². The highest BCUT2D eigenvalue weighted by molar-refractivity contribution is 6.00. The van der Waals surface area contributed by atoms with Crippen molar-refractivity contribution < 1.29 is 33.4 Å². The average Bonchev–Trinajstić information content (AvgIpc) is 2.89. The standard InChI is InChI=1S/C26H28N2O7/c1-33-21-7-4-5-18(13-21)22(29)16-35-26(32)17-8-10-19(11-9-17)27-24(30)14-23-25(31)28-12-3-2-6-20(28)15-34-23/h4-5,7-11,13,20,23H,2-3,6,12,14-16H2,1H3,(H,27,30). The van der Waals surface area contributed by atoms with Gasteiger partial charge in [-0.3, -0.25) is 14.4 Å². The van der Waals surface area contributed by atoms with E-state index in [1.54, 1.807) is 36.4 Å². The molecule has 2 aromatic rings. The maximum atomic E-state index is 12.6. The third-order valence-corrected chi connectivity index (χ3v) is 6.18. The van der Waals surface area contributed by atoms with Gasteiger partial charge in [0, 0.05) is 17.8 Å². The van der Waals surface area contributed by atoms with E-state index in [0.29, 0.717) is 30.2 Å². The molecule has 2 aliphatic rings. The number of methoxy groups -OCH3 is 1. The van der Waals surface area contributed by atoms with Gasteiger partial charge in [-0.15, -0.1) is 0 Å². The normalized spacial score (nSPS) is 19.5. The van der Waals surface area contributed by atoms with Crippen molar-refractivity contribution in [3.05, 3.63) is 59.7 Å². The monoisotopic (exact) mass is 480 g/mol. The van der Waals surface area contributed by atoms with Gasteiger partial charge >= 0.3 is 5.97 Å². The number of carbonyl (C=O) groups excluding carboxylic acids is 4. The van der Waals surface area contributed by atoms with Gasteiger partial charge in [0.1, 0.15) is 11.9 Å². The van der Waals surface area contributed by atoms with Gasteiger partial charge in [0.05, 0.1) is 31.7 Å². The van der Waals surface area contributed by atoms with Crippen molar-refractivity contribution >= 4 is 29.3 Å². The Morgan fingerprint density at radius 3 is 2.66 bits per heavy atom. The number of hydrogen-bond acceptors (Lipinski definition) is 7. The molecule has 0 aromatic heterocycles. The van der Waals surface area contributed by atoms with Crippen LogP contribution in [-0.4, -0.2) is 67.5 Å². The number of amides is 2. The maximum Gasteiger partial charge on any atom is 0.338 e. The van der Waals surface area contributed by atoms with E-state index >= 15 is 0 Å². The molecule has 0 bridgehead atoms. The summed E-state index contributed by atoms with van der Waals surface area (Å²) >= 11 is 0. The fourth-order valence-electron chi connectivity index (χ4n) is 4.26. The van der Waals surface area contributed by atoms with E-state index in [-0.39, 0.29) is 35.6 Å². The van der Waals surface area contributed by atoms with E-state index in [9.17, 15) is 19.2 Å². The Labute approximate surface area is 203 Å². The summed E-state index contributed by atoms with van der Waals surface area (Å²) in [6, 6.07) is 12.8. The second-order valence-corrected chi connectivity index (χ2v) is 8.56. The van der Waals surface area contributed by atoms with Crippen LogP contribution in [0.2, 0.25) is 0 Å². The van der Waals surface area contributed by atoms with Crippen LogP contribution in [-0.2, 0) is 19.1 Å². The molecule has 184 valence electrons. The Bertz CT molecular complexity index is 1100. The first kappa shape index (κ1) is 24.4. The summed E-state index contributed by atoms with van der Waals surface area (Å²) in [7, 11) is 1.50. The van der Waals surface area contributed by atoms with Gasteiger partial charge in [0.2, 0.25) is 5.91 Å². The zero-order valence-electron chi connectivity index (χ0n) is 19.5. The summed E-state index contributed by atoms with van der Waals surface area (Å²) in [6.07, 6.45) is 2.16. The fraction of sp³-hybridized carbons (Fsp3) is 0.385. The van der Waals surface area contributed by atoms with E-state index in [0.717, 1.165) is 19.3 Å². The van der Waals surface area contributed by atoms with Crippen molar-refractivity contribution in [3.63, 3.8) is 0 Å². The number of fused-ring (bicyclic) bond motifs is 1. The molecule has 35 heavy (non-hydrogen) atoms. The first-order chi connectivity index (χ1) is 16.9. The number of nitrogens with one attached hydrogen (secondary N) is 1. The molecule has 2 aliphatic heterocycles. The molecule has 9 heteroatoms. The molecule has 0 radical (unpaired) electrons. The van der Waals surface area contributed by atoms with Gasteiger partial charge in [0.25, 0.3) is 5.91 Å². The Hall–Kier alpha value is -3.72. The number of ether oxygens (including phenoxy) is 3. The smallest absolute Gasteiger partial charge is 0.338 e. The molecule has 1 N–H and O–H groups in total. The topological polar surface area (TPSA) is 111 Å². The van der Waals surface area contributed by atoms with Gasteiger partial charge in [-0.2, -0.15) is 0 Å². The number of benzene rings is 2. The molecular weight excluding hydrogens is 452 g/mol. The average molecular weight is 481 g/mol. The molecule has 2 saturated heterocycles. The summed E-state index contributed by atoms with van der Waals surface area (Å²) in [5.74, 6) is -0.946. The highest BCUT2D eigenvalue weighted by atomic mass is 16.5. The summed E-state index contributed by atoms with van der Waals surface area (Å²) in [6.45, 7) is 0.770. The Balaban J connectivity index is 1.26. The van der Waals surface area contributed by atoms with Crippen LogP contribution < -0.4 is 10.1 Å². The predicted molar refractivity (Wildman–Crippen MR) is 126 cm³/mol. The lowest BCUT2D eigenvalue weighted by Crippen LogP contribution is -2.56. The molecule has 2 heterocycles. The second kappa shape index (κ2) is 11.1. The molecule has 0 saturated carbocycles. The van der Waals surface area contributed by atoms with Crippen molar-refractivity contribution in [2.75, 3.05) is 32.2 Å². The number of Topliss-reactive ketones (excluding diaryl/α,β-unsaturated/α-hetero) is 1. The third kappa shape index (κ3) is 6.05. The zero-order valence-corrected chi connectivity index (χ0v) is 19.5. The number of anilines is 1. The van der Waals surface area contributed by atoms with Crippen LogP contribution in [0.4, 0.5) is 5.69 Å². The minimum absolute atomic E-state index is 0.0712. The zero-order chi connectivity index (χ0) is 24.8. The predicted octanol–water partition coefficient (Wildman–Crippen LogP) is 2.84. The van der Waals surface area contributed by atoms with E-state index in [1.807, 2.05) is 4.90 Å². The summed E-state index contributed by atoms with van der Waals surface area (Å²) in [5, 5.41) is 2.72. The van der Waals surface area contributed by atoms with Crippen LogP contribution in [0.1, 0.15) is 46.4 Å². The minimum Gasteiger partial charge on any atom is -0.497 e. The summed E-state index contributed by atoms with van der Waals surface area (Å²) < 4.78 is 15.9. The largest absolute Gasteiger partial charge is 0.497 e. The van der Waals surface area contributed by atoms with Crippen molar-refractivity contribution in [2.24, 2.45) is 0 Å². The maximum absolute atomic E-state index is 12.6. The highest BCUT2D eigenvalue weighted by Gasteiger charge is 2.38. The summed E-state index contributed by atoms with van der Waals surface area (Å²) in [5.41, 5.74) is 1.09. The van der Waals surface area contributed by atoms with Crippen molar-refractivity contribution in [1.29, 1.82) is 0 Å². The van der Waals surface area contributed by atoms with Crippen molar-refractivity contribution in [3.8, 4) is 5.75 Å². The lowest BCUT2D eigenvalue weighted by atomic mass is 9.99. The summed E-state index contributed by atoms with van der Waals surface area (Å²) in [4.78, 5) is 51.5. The molecule has 0 spiro atoms. The van der Waals surface area contributed by atoms with E-state index in [4.69, 9.17) is 14.2 Å². The molecule has 2 aromatic carbocycles. The van der Waals surface area contributed by atoms with Crippen LogP contribution in [0.25, 0.3) is 0 Å². The quantitative estimate of drug-likeness (QED) is 0.457. The number of nitrogens with zero attached hydrogens (tertiary/aromatic N) is 1. The number of esters is 1. The van der Waals surface area contributed by atoms with Gasteiger partial charge in [-0.05, 0) is 55.7 Å². The van der Waals surface area contributed by atoms with Crippen LogP contribution >= 0.6 is 0 Å². The lowest BCUT2D eigenvalue weighted by Gasteiger charge is -2.41. The van der Waals surface area contributed by atoms with Gasteiger partial charge < -0.3 is 24.4 Å². The molecule has 2 atom stereocenters.